The van der Waals surface area contributed by atoms with Crippen LogP contribution in [0.1, 0.15) is 17.2 Å². The van der Waals surface area contributed by atoms with Crippen LogP contribution in [0.4, 0.5) is 5.69 Å². The van der Waals surface area contributed by atoms with Gasteiger partial charge >= 0.3 is 0 Å². The van der Waals surface area contributed by atoms with E-state index in [2.05, 4.69) is 10.6 Å². The first-order chi connectivity index (χ1) is 8.53. The van der Waals surface area contributed by atoms with Crippen LogP contribution in [-0.2, 0) is 21.1 Å². The third-order valence-corrected chi connectivity index (χ3v) is 5.05. The molecule has 0 radical (unpaired) electrons. The maximum atomic E-state index is 11.6. The van der Waals surface area contributed by atoms with Gasteiger partial charge in [0.2, 0.25) is 5.91 Å². The zero-order chi connectivity index (χ0) is 12.8. The van der Waals surface area contributed by atoms with Gasteiger partial charge in [-0.15, -0.1) is 0 Å². The highest BCUT2D eigenvalue weighted by atomic mass is 32.2. The molecule has 1 amide bonds. The SMILES string of the molecule is O=C1Cc2cc(C3CS(=O)(=O)CCN3)ccc2N1. The lowest BCUT2D eigenvalue weighted by molar-refractivity contribution is -0.115. The largest absolute Gasteiger partial charge is 0.326 e. The van der Waals surface area contributed by atoms with E-state index >= 15 is 0 Å². The minimum Gasteiger partial charge on any atom is -0.326 e. The Kier molecular flexibility index (Phi) is 2.64. The molecule has 0 bridgehead atoms. The lowest BCUT2D eigenvalue weighted by atomic mass is 10.0. The minimum atomic E-state index is -2.95. The van der Waals surface area contributed by atoms with Crippen LogP contribution >= 0.6 is 0 Å². The van der Waals surface area contributed by atoms with Gasteiger partial charge in [-0.05, 0) is 17.2 Å². The Morgan fingerprint density at radius 3 is 2.89 bits per heavy atom. The highest BCUT2D eigenvalue weighted by molar-refractivity contribution is 7.91. The number of hydrogen-bond acceptors (Lipinski definition) is 4. The van der Waals surface area contributed by atoms with Crippen molar-refractivity contribution in [3.8, 4) is 0 Å². The van der Waals surface area contributed by atoms with E-state index in [9.17, 15) is 13.2 Å². The molecule has 96 valence electrons. The van der Waals surface area contributed by atoms with Crippen LogP contribution in [0.2, 0.25) is 0 Å². The van der Waals surface area contributed by atoms with E-state index in [4.69, 9.17) is 0 Å². The molecule has 1 unspecified atom stereocenters. The molecule has 2 heterocycles. The van der Waals surface area contributed by atoms with Crippen molar-refractivity contribution in [2.75, 3.05) is 23.4 Å². The van der Waals surface area contributed by atoms with Crippen LogP contribution in [0.15, 0.2) is 18.2 Å². The number of amides is 1. The van der Waals surface area contributed by atoms with Gasteiger partial charge in [-0.1, -0.05) is 12.1 Å². The summed E-state index contributed by atoms with van der Waals surface area (Å²) in [5.74, 6) is 0.327. The van der Waals surface area contributed by atoms with Crippen LogP contribution in [0.5, 0.6) is 0 Å². The summed E-state index contributed by atoms with van der Waals surface area (Å²) in [5.41, 5.74) is 2.72. The van der Waals surface area contributed by atoms with E-state index in [1.165, 1.54) is 0 Å². The molecular weight excluding hydrogens is 252 g/mol. The number of sulfone groups is 1. The molecular formula is C12H14N2O3S. The summed E-state index contributed by atoms with van der Waals surface area (Å²) in [7, 11) is -2.95. The van der Waals surface area contributed by atoms with Crippen LogP contribution in [0, 0.1) is 0 Å². The van der Waals surface area contributed by atoms with E-state index in [0.717, 1.165) is 16.8 Å². The van der Waals surface area contributed by atoms with Crippen molar-refractivity contribution in [3.63, 3.8) is 0 Å². The molecule has 2 aliphatic heterocycles. The van der Waals surface area contributed by atoms with Crippen LogP contribution in [0.25, 0.3) is 0 Å². The molecule has 2 aliphatic rings. The lowest BCUT2D eigenvalue weighted by Gasteiger charge is -2.24. The normalized spacial score (nSPS) is 25.6. The monoisotopic (exact) mass is 266 g/mol. The third kappa shape index (κ3) is 2.13. The molecule has 6 heteroatoms. The predicted molar refractivity (Wildman–Crippen MR) is 68.2 cm³/mol. The van der Waals surface area contributed by atoms with Crippen LogP contribution in [-0.4, -0.2) is 32.4 Å². The topological polar surface area (TPSA) is 75.3 Å². The number of carbonyl (C=O) groups is 1. The molecule has 18 heavy (non-hydrogen) atoms. The molecule has 0 aromatic heterocycles. The van der Waals surface area contributed by atoms with Gasteiger partial charge in [0.15, 0.2) is 9.84 Å². The van der Waals surface area contributed by atoms with E-state index in [0.29, 0.717) is 13.0 Å². The fourth-order valence-electron chi connectivity index (χ4n) is 2.46. The van der Waals surface area contributed by atoms with E-state index in [1.807, 2.05) is 18.2 Å². The number of carbonyl (C=O) groups excluding carboxylic acids is 1. The zero-order valence-corrected chi connectivity index (χ0v) is 10.6. The summed E-state index contributed by atoms with van der Waals surface area (Å²) in [5, 5.41) is 5.98. The fourth-order valence-corrected chi connectivity index (χ4v) is 3.88. The molecule has 1 aromatic carbocycles. The summed E-state index contributed by atoms with van der Waals surface area (Å²) < 4.78 is 23.2. The Balaban J connectivity index is 1.90. The van der Waals surface area contributed by atoms with Crippen molar-refractivity contribution in [2.45, 2.75) is 12.5 Å². The van der Waals surface area contributed by atoms with Crippen molar-refractivity contribution in [1.29, 1.82) is 0 Å². The van der Waals surface area contributed by atoms with Gasteiger partial charge in [0.25, 0.3) is 0 Å². The van der Waals surface area contributed by atoms with Gasteiger partial charge in [0.05, 0.1) is 17.9 Å². The van der Waals surface area contributed by atoms with E-state index in [-0.39, 0.29) is 23.5 Å². The highest BCUT2D eigenvalue weighted by Crippen LogP contribution is 2.27. The molecule has 5 nitrogen and oxygen atoms in total. The van der Waals surface area contributed by atoms with Gasteiger partial charge in [0.1, 0.15) is 0 Å². The summed E-state index contributed by atoms with van der Waals surface area (Å²) in [4.78, 5) is 11.3. The van der Waals surface area contributed by atoms with Crippen molar-refractivity contribution in [2.24, 2.45) is 0 Å². The van der Waals surface area contributed by atoms with E-state index in [1.54, 1.807) is 0 Å². The molecule has 1 saturated heterocycles. The third-order valence-electron chi connectivity index (χ3n) is 3.38. The Labute approximate surface area is 105 Å². The quantitative estimate of drug-likeness (QED) is 0.763. The maximum Gasteiger partial charge on any atom is 0.228 e. The molecule has 3 rings (SSSR count). The van der Waals surface area contributed by atoms with Crippen molar-refractivity contribution >= 4 is 21.4 Å². The van der Waals surface area contributed by atoms with Gasteiger partial charge < -0.3 is 10.6 Å². The predicted octanol–water partition coefficient (Wildman–Crippen LogP) is 0.240. The zero-order valence-electron chi connectivity index (χ0n) is 9.77. The Morgan fingerprint density at radius 1 is 1.28 bits per heavy atom. The Morgan fingerprint density at radius 2 is 2.11 bits per heavy atom. The second-order valence-corrected chi connectivity index (χ2v) is 6.99. The van der Waals surface area contributed by atoms with Crippen molar-refractivity contribution in [1.82, 2.24) is 5.32 Å². The molecule has 0 spiro atoms. The van der Waals surface area contributed by atoms with Crippen LogP contribution < -0.4 is 10.6 Å². The second-order valence-electron chi connectivity index (χ2n) is 4.76. The average Bonchev–Trinajstić information content (AvgIpc) is 2.66. The standard InChI is InChI=1S/C12H14N2O3S/c15-12-6-9-5-8(1-2-10(9)14-12)11-7-18(16,17)4-3-13-11/h1-2,5,11,13H,3-4,6-7H2,(H,14,15). The van der Waals surface area contributed by atoms with Gasteiger partial charge in [-0.3, -0.25) is 4.79 Å². The summed E-state index contributed by atoms with van der Waals surface area (Å²) >= 11 is 0. The van der Waals surface area contributed by atoms with Gasteiger partial charge in [-0.25, -0.2) is 8.42 Å². The highest BCUT2D eigenvalue weighted by Gasteiger charge is 2.27. The van der Waals surface area contributed by atoms with Gasteiger partial charge in [-0.2, -0.15) is 0 Å². The maximum absolute atomic E-state index is 11.6. The number of anilines is 1. The fraction of sp³-hybridized carbons (Fsp3) is 0.417. The van der Waals surface area contributed by atoms with Crippen molar-refractivity contribution < 1.29 is 13.2 Å². The minimum absolute atomic E-state index is 0.00799. The number of nitrogens with one attached hydrogen (secondary N) is 2. The first-order valence-corrected chi connectivity index (χ1v) is 7.72. The lowest BCUT2D eigenvalue weighted by Crippen LogP contribution is -2.39. The summed E-state index contributed by atoms with van der Waals surface area (Å²) in [6.07, 6.45) is 0.378. The molecule has 0 saturated carbocycles. The van der Waals surface area contributed by atoms with Crippen LogP contribution in [0.3, 0.4) is 0 Å². The molecule has 1 fully saturated rings. The summed E-state index contributed by atoms with van der Waals surface area (Å²) in [6.45, 7) is 0.487. The number of rotatable bonds is 1. The Bertz CT molecular complexity index is 610. The van der Waals surface area contributed by atoms with Crippen molar-refractivity contribution in [3.05, 3.63) is 29.3 Å². The average molecular weight is 266 g/mol. The number of hydrogen-bond donors (Lipinski definition) is 2. The summed E-state index contributed by atoms with van der Waals surface area (Å²) in [6, 6.07) is 5.48. The second kappa shape index (κ2) is 4.07. The van der Waals surface area contributed by atoms with Gasteiger partial charge in [0, 0.05) is 18.3 Å². The number of benzene rings is 1. The first kappa shape index (κ1) is 11.7. The molecule has 1 atom stereocenters. The Hall–Kier alpha value is -1.40. The molecule has 1 aromatic rings. The first-order valence-electron chi connectivity index (χ1n) is 5.90. The smallest absolute Gasteiger partial charge is 0.228 e. The van der Waals surface area contributed by atoms with E-state index < -0.39 is 9.84 Å². The number of fused-ring (bicyclic) bond motifs is 1. The molecule has 0 aliphatic carbocycles. The molecule has 2 N–H and O–H groups in total.